The lowest BCUT2D eigenvalue weighted by Crippen LogP contribution is -2.58. The molecule has 3 heterocycles. The maximum atomic E-state index is 12.3. The monoisotopic (exact) mass is 355 g/mol. The lowest BCUT2D eigenvalue weighted by molar-refractivity contribution is -0.170. The molecule has 0 saturated carbocycles. The van der Waals surface area contributed by atoms with Crippen molar-refractivity contribution in [3.05, 3.63) is 11.1 Å². The molecule has 2 fully saturated rings. The summed E-state index contributed by atoms with van der Waals surface area (Å²) in [4.78, 5) is 31.9. The Labute approximate surface area is 144 Å². The van der Waals surface area contributed by atoms with E-state index in [9.17, 15) is 9.59 Å². The number of rotatable bonds is 3. The second-order valence-corrected chi connectivity index (χ2v) is 8.23. The number of ether oxygens (including phenoxy) is 1. The van der Waals surface area contributed by atoms with Gasteiger partial charge in [-0.15, -0.1) is 11.3 Å². The van der Waals surface area contributed by atoms with Gasteiger partial charge in [0.15, 0.2) is 4.34 Å². The van der Waals surface area contributed by atoms with E-state index < -0.39 is 0 Å². The lowest BCUT2D eigenvalue weighted by atomic mass is 9.89. The van der Waals surface area contributed by atoms with Crippen molar-refractivity contribution < 1.29 is 14.3 Å². The molecule has 1 aromatic rings. The van der Waals surface area contributed by atoms with Gasteiger partial charge in [0, 0.05) is 37.8 Å². The van der Waals surface area contributed by atoms with Crippen LogP contribution in [0.4, 0.5) is 0 Å². The predicted octanol–water partition coefficient (Wildman–Crippen LogP) is 1.39. The molecular formula is C15H21N3O3S2. The van der Waals surface area contributed by atoms with Crippen LogP contribution in [0.2, 0.25) is 0 Å². The topological polar surface area (TPSA) is 62.7 Å². The Morgan fingerprint density at radius 2 is 2.22 bits per heavy atom. The van der Waals surface area contributed by atoms with Crippen LogP contribution in [0.5, 0.6) is 0 Å². The molecule has 0 N–H and O–H groups in total. The van der Waals surface area contributed by atoms with E-state index in [4.69, 9.17) is 4.74 Å². The van der Waals surface area contributed by atoms with Crippen LogP contribution in [0.25, 0.3) is 0 Å². The molecule has 8 heteroatoms. The van der Waals surface area contributed by atoms with E-state index in [0.29, 0.717) is 25.4 Å². The molecule has 0 radical (unpaired) electrons. The SMILES string of the molecule is Cc1csc(SCC(=O)N2CCC3(CC2)CN(C)C(=O)CO3)n1. The van der Waals surface area contributed by atoms with Crippen molar-refractivity contribution in [3.63, 3.8) is 0 Å². The largest absolute Gasteiger partial charge is 0.363 e. The number of nitrogens with zero attached hydrogens (tertiary/aromatic N) is 3. The van der Waals surface area contributed by atoms with Crippen LogP contribution in [0.15, 0.2) is 9.72 Å². The van der Waals surface area contributed by atoms with E-state index in [-0.39, 0.29) is 24.0 Å². The third-order valence-electron chi connectivity index (χ3n) is 4.40. The van der Waals surface area contributed by atoms with Gasteiger partial charge in [-0.3, -0.25) is 9.59 Å². The van der Waals surface area contributed by atoms with Gasteiger partial charge >= 0.3 is 0 Å². The van der Waals surface area contributed by atoms with E-state index in [1.165, 1.54) is 11.8 Å². The van der Waals surface area contributed by atoms with Gasteiger partial charge in [0.25, 0.3) is 0 Å². The quantitative estimate of drug-likeness (QED) is 0.767. The molecule has 6 nitrogen and oxygen atoms in total. The fourth-order valence-corrected chi connectivity index (χ4v) is 4.72. The molecule has 2 aliphatic rings. The Kier molecular flexibility index (Phi) is 4.93. The number of thioether (sulfide) groups is 1. The minimum absolute atomic E-state index is 0.0317. The molecule has 1 aromatic heterocycles. The molecule has 0 aliphatic carbocycles. The average Bonchev–Trinajstić information content (AvgIpc) is 2.95. The summed E-state index contributed by atoms with van der Waals surface area (Å²) in [6.45, 7) is 4.12. The molecule has 2 aliphatic heterocycles. The molecular weight excluding hydrogens is 334 g/mol. The molecule has 1 spiro atoms. The first-order valence-corrected chi connectivity index (χ1v) is 9.55. The van der Waals surface area contributed by atoms with Crippen molar-refractivity contribution in [2.45, 2.75) is 29.7 Å². The highest BCUT2D eigenvalue weighted by Crippen LogP contribution is 2.30. The number of thiazole rings is 1. The standard InChI is InChI=1S/C15H21N3O3S2/c1-11-8-22-14(16-11)23-9-13(20)18-5-3-15(4-6-18)10-17(2)12(19)7-21-15/h8H,3-7,9-10H2,1-2H3. The number of aryl methyl sites for hydroxylation is 1. The first-order valence-electron chi connectivity index (χ1n) is 7.68. The number of carbonyl (C=O) groups excluding carboxylic acids is 2. The minimum atomic E-state index is -0.265. The number of piperidine rings is 1. The lowest BCUT2D eigenvalue weighted by Gasteiger charge is -2.46. The van der Waals surface area contributed by atoms with Crippen molar-refractivity contribution in [3.8, 4) is 0 Å². The van der Waals surface area contributed by atoms with Gasteiger partial charge in [0.05, 0.1) is 11.4 Å². The number of hydrogen-bond donors (Lipinski definition) is 0. The Balaban J connectivity index is 1.48. The number of carbonyl (C=O) groups is 2. The van der Waals surface area contributed by atoms with Crippen molar-refractivity contribution >= 4 is 34.9 Å². The highest BCUT2D eigenvalue weighted by Gasteiger charge is 2.41. The Morgan fingerprint density at radius 1 is 1.48 bits per heavy atom. The van der Waals surface area contributed by atoms with Crippen molar-refractivity contribution in [1.82, 2.24) is 14.8 Å². The van der Waals surface area contributed by atoms with Crippen LogP contribution in [0, 0.1) is 6.92 Å². The van der Waals surface area contributed by atoms with Gasteiger partial charge in [-0.1, -0.05) is 11.8 Å². The molecule has 23 heavy (non-hydrogen) atoms. The number of hydrogen-bond acceptors (Lipinski definition) is 6. The van der Waals surface area contributed by atoms with Crippen LogP contribution in [0.3, 0.4) is 0 Å². The highest BCUT2D eigenvalue weighted by atomic mass is 32.2. The molecule has 0 atom stereocenters. The van der Waals surface area contributed by atoms with E-state index in [1.54, 1.807) is 16.2 Å². The average molecular weight is 355 g/mol. The van der Waals surface area contributed by atoms with Gasteiger partial charge in [-0.05, 0) is 19.8 Å². The van der Waals surface area contributed by atoms with Gasteiger partial charge in [0.2, 0.25) is 11.8 Å². The Bertz CT molecular complexity index is 597. The van der Waals surface area contributed by atoms with Crippen LogP contribution in [0.1, 0.15) is 18.5 Å². The van der Waals surface area contributed by atoms with Gasteiger partial charge < -0.3 is 14.5 Å². The zero-order valence-corrected chi connectivity index (χ0v) is 15.0. The van der Waals surface area contributed by atoms with E-state index in [2.05, 4.69) is 4.98 Å². The summed E-state index contributed by atoms with van der Waals surface area (Å²) in [5.74, 6) is 0.612. The summed E-state index contributed by atoms with van der Waals surface area (Å²) < 4.78 is 6.75. The summed E-state index contributed by atoms with van der Waals surface area (Å²) in [5, 5.41) is 2.00. The smallest absolute Gasteiger partial charge is 0.248 e. The predicted molar refractivity (Wildman–Crippen MR) is 89.7 cm³/mol. The number of likely N-dealkylation sites (tertiary alicyclic amines) is 1. The Hall–Kier alpha value is -1.12. The summed E-state index contributed by atoms with van der Waals surface area (Å²) in [5.41, 5.74) is 0.733. The zero-order chi connectivity index (χ0) is 16.4. The number of amides is 2. The van der Waals surface area contributed by atoms with E-state index in [0.717, 1.165) is 22.9 Å². The number of aromatic nitrogens is 1. The third-order valence-corrected chi connectivity index (χ3v) is 6.52. The van der Waals surface area contributed by atoms with Crippen LogP contribution >= 0.6 is 23.1 Å². The minimum Gasteiger partial charge on any atom is -0.363 e. The van der Waals surface area contributed by atoms with Crippen molar-refractivity contribution in [2.75, 3.05) is 39.0 Å². The van der Waals surface area contributed by atoms with Crippen molar-refractivity contribution in [1.29, 1.82) is 0 Å². The number of morpholine rings is 1. The van der Waals surface area contributed by atoms with Crippen LogP contribution in [-0.2, 0) is 14.3 Å². The fourth-order valence-electron chi connectivity index (χ4n) is 2.97. The molecule has 126 valence electrons. The maximum Gasteiger partial charge on any atom is 0.248 e. The first-order chi connectivity index (χ1) is 11.0. The molecule has 2 saturated heterocycles. The second-order valence-electron chi connectivity index (χ2n) is 6.15. The highest BCUT2D eigenvalue weighted by molar-refractivity contribution is 8.01. The van der Waals surface area contributed by atoms with E-state index in [1.807, 2.05) is 24.3 Å². The maximum absolute atomic E-state index is 12.3. The fraction of sp³-hybridized carbons (Fsp3) is 0.667. The first kappa shape index (κ1) is 16.7. The van der Waals surface area contributed by atoms with Gasteiger partial charge in [-0.25, -0.2) is 4.98 Å². The normalized spacial score (nSPS) is 21.0. The Morgan fingerprint density at radius 3 is 2.83 bits per heavy atom. The summed E-state index contributed by atoms with van der Waals surface area (Å²) in [7, 11) is 1.82. The van der Waals surface area contributed by atoms with Crippen LogP contribution < -0.4 is 0 Å². The summed E-state index contributed by atoms with van der Waals surface area (Å²) in [6.07, 6.45) is 1.58. The molecule has 2 amide bonds. The number of likely N-dealkylation sites (N-methyl/N-ethyl adjacent to an activating group) is 1. The summed E-state index contributed by atoms with van der Waals surface area (Å²) in [6, 6.07) is 0. The van der Waals surface area contributed by atoms with Crippen LogP contribution in [-0.4, -0.2) is 71.2 Å². The second kappa shape index (κ2) is 6.78. The molecule has 0 aromatic carbocycles. The van der Waals surface area contributed by atoms with Gasteiger partial charge in [-0.2, -0.15) is 0 Å². The van der Waals surface area contributed by atoms with E-state index >= 15 is 0 Å². The third kappa shape index (κ3) is 3.87. The molecule has 0 bridgehead atoms. The summed E-state index contributed by atoms with van der Waals surface area (Å²) >= 11 is 3.08. The zero-order valence-electron chi connectivity index (χ0n) is 13.4. The van der Waals surface area contributed by atoms with Crippen molar-refractivity contribution in [2.24, 2.45) is 0 Å². The molecule has 3 rings (SSSR count). The van der Waals surface area contributed by atoms with Gasteiger partial charge in [0.1, 0.15) is 6.61 Å². The molecule has 0 unspecified atom stereocenters.